The first-order valence-corrected chi connectivity index (χ1v) is 6.82. The molecule has 1 heterocycles. The Morgan fingerprint density at radius 1 is 1.37 bits per heavy atom. The maximum absolute atomic E-state index is 12.8. The molecular formula is C15H20FNO2. The minimum absolute atomic E-state index is 0.189. The van der Waals surface area contributed by atoms with Crippen LogP contribution in [0.25, 0.3) is 0 Å². The molecule has 1 fully saturated rings. The molecule has 1 aliphatic heterocycles. The Kier molecular flexibility index (Phi) is 4.91. The van der Waals surface area contributed by atoms with Crippen LogP contribution in [0.5, 0.6) is 0 Å². The van der Waals surface area contributed by atoms with Crippen molar-refractivity contribution in [1.82, 2.24) is 4.90 Å². The first kappa shape index (κ1) is 14.0. The zero-order valence-corrected chi connectivity index (χ0v) is 11.0. The summed E-state index contributed by atoms with van der Waals surface area (Å²) < 4.78 is 12.8. The molecule has 3 nitrogen and oxygen atoms in total. The predicted octanol–water partition coefficient (Wildman–Crippen LogP) is 2.55. The average Bonchev–Trinajstić information content (AvgIpc) is 2.79. The van der Waals surface area contributed by atoms with E-state index < -0.39 is 5.97 Å². The lowest BCUT2D eigenvalue weighted by molar-refractivity contribution is -0.137. The molecule has 1 unspecified atom stereocenters. The third-order valence-electron chi connectivity index (χ3n) is 3.67. The summed E-state index contributed by atoms with van der Waals surface area (Å²) in [6.45, 7) is 2.94. The second kappa shape index (κ2) is 6.66. The third-order valence-corrected chi connectivity index (χ3v) is 3.67. The van der Waals surface area contributed by atoms with Gasteiger partial charge in [0.15, 0.2) is 0 Å². The number of carboxylic acids is 1. The second-order valence-electron chi connectivity index (χ2n) is 5.28. The molecule has 0 radical (unpaired) electrons. The minimum atomic E-state index is -0.720. The molecule has 0 amide bonds. The topological polar surface area (TPSA) is 40.5 Å². The molecule has 0 bridgehead atoms. The number of aliphatic carboxylic acids is 1. The summed E-state index contributed by atoms with van der Waals surface area (Å²) in [4.78, 5) is 12.8. The normalized spacial score (nSPS) is 19.7. The van der Waals surface area contributed by atoms with Crippen molar-refractivity contribution in [1.29, 1.82) is 0 Å². The van der Waals surface area contributed by atoms with E-state index >= 15 is 0 Å². The average molecular weight is 265 g/mol. The van der Waals surface area contributed by atoms with Crippen molar-refractivity contribution in [3.05, 3.63) is 35.6 Å². The fourth-order valence-electron chi connectivity index (χ4n) is 2.69. The van der Waals surface area contributed by atoms with Crippen molar-refractivity contribution < 1.29 is 14.3 Å². The standard InChI is InChI=1S/C15H20FNO2/c16-14-5-3-12(4-6-14)10-13-7-9-17(11-13)8-1-2-15(18)19/h3-6,13H,1-2,7-11H2,(H,18,19). The summed E-state index contributed by atoms with van der Waals surface area (Å²) in [5, 5.41) is 8.61. The third kappa shape index (κ3) is 4.63. The SMILES string of the molecule is O=C(O)CCCN1CCC(Cc2ccc(F)cc2)C1. The lowest BCUT2D eigenvalue weighted by atomic mass is 9.99. The predicted molar refractivity (Wildman–Crippen MR) is 71.5 cm³/mol. The van der Waals surface area contributed by atoms with Gasteiger partial charge in [-0.3, -0.25) is 4.79 Å². The summed E-state index contributed by atoms with van der Waals surface area (Å²) >= 11 is 0. The molecule has 4 heteroatoms. The lowest BCUT2D eigenvalue weighted by Gasteiger charge is -2.15. The van der Waals surface area contributed by atoms with E-state index in [1.165, 1.54) is 17.7 Å². The fraction of sp³-hybridized carbons (Fsp3) is 0.533. The number of carboxylic acid groups (broad SMARTS) is 1. The maximum Gasteiger partial charge on any atom is 0.303 e. The van der Waals surface area contributed by atoms with Crippen molar-refractivity contribution in [2.24, 2.45) is 5.92 Å². The van der Waals surface area contributed by atoms with Crippen LogP contribution < -0.4 is 0 Å². The van der Waals surface area contributed by atoms with Gasteiger partial charge in [-0.25, -0.2) is 4.39 Å². The van der Waals surface area contributed by atoms with Gasteiger partial charge in [-0.1, -0.05) is 12.1 Å². The molecule has 0 spiro atoms. The summed E-state index contributed by atoms with van der Waals surface area (Å²) in [5.74, 6) is -0.303. The van der Waals surface area contributed by atoms with E-state index in [0.717, 1.165) is 38.9 Å². The van der Waals surface area contributed by atoms with E-state index in [1.807, 2.05) is 12.1 Å². The van der Waals surface area contributed by atoms with E-state index in [1.54, 1.807) is 0 Å². The lowest BCUT2D eigenvalue weighted by Crippen LogP contribution is -2.23. The number of rotatable bonds is 6. The fourth-order valence-corrected chi connectivity index (χ4v) is 2.69. The Labute approximate surface area is 113 Å². The van der Waals surface area contributed by atoms with Crippen LogP contribution in [0.3, 0.4) is 0 Å². The summed E-state index contributed by atoms with van der Waals surface area (Å²) in [5.41, 5.74) is 1.18. The summed E-state index contributed by atoms with van der Waals surface area (Å²) in [6, 6.07) is 6.72. The van der Waals surface area contributed by atoms with Crippen LogP contribution in [-0.2, 0) is 11.2 Å². The van der Waals surface area contributed by atoms with Crippen LogP contribution in [0.15, 0.2) is 24.3 Å². The largest absolute Gasteiger partial charge is 0.481 e. The Bertz CT molecular complexity index is 419. The Balaban J connectivity index is 1.72. The zero-order chi connectivity index (χ0) is 13.7. The summed E-state index contributed by atoms with van der Waals surface area (Å²) in [7, 11) is 0. The zero-order valence-electron chi connectivity index (χ0n) is 11.0. The van der Waals surface area contributed by atoms with Gasteiger partial charge in [0.1, 0.15) is 5.82 Å². The Morgan fingerprint density at radius 3 is 2.79 bits per heavy atom. The highest BCUT2D eigenvalue weighted by atomic mass is 19.1. The molecule has 1 atom stereocenters. The van der Waals surface area contributed by atoms with Crippen molar-refractivity contribution in [2.75, 3.05) is 19.6 Å². The van der Waals surface area contributed by atoms with Crippen molar-refractivity contribution >= 4 is 5.97 Å². The number of hydrogen-bond acceptors (Lipinski definition) is 2. The number of halogens is 1. The molecule has 1 aliphatic rings. The molecule has 0 aromatic heterocycles. The summed E-state index contributed by atoms with van der Waals surface area (Å²) in [6.07, 6.45) is 3.10. The van der Waals surface area contributed by atoms with Gasteiger partial charge >= 0.3 is 5.97 Å². The van der Waals surface area contributed by atoms with Gasteiger partial charge in [-0.2, -0.15) is 0 Å². The van der Waals surface area contributed by atoms with Gasteiger partial charge < -0.3 is 10.0 Å². The van der Waals surface area contributed by atoms with Gasteiger partial charge in [-0.05, 0) is 56.0 Å². The van der Waals surface area contributed by atoms with E-state index in [4.69, 9.17) is 5.11 Å². The highest BCUT2D eigenvalue weighted by molar-refractivity contribution is 5.66. The molecule has 1 N–H and O–H groups in total. The first-order valence-electron chi connectivity index (χ1n) is 6.82. The molecule has 19 heavy (non-hydrogen) atoms. The van der Waals surface area contributed by atoms with Gasteiger partial charge in [-0.15, -0.1) is 0 Å². The smallest absolute Gasteiger partial charge is 0.303 e. The van der Waals surface area contributed by atoms with Gasteiger partial charge in [0.05, 0.1) is 0 Å². The molecule has 1 saturated heterocycles. The molecular weight excluding hydrogens is 245 g/mol. The van der Waals surface area contributed by atoms with Crippen molar-refractivity contribution in [2.45, 2.75) is 25.7 Å². The van der Waals surface area contributed by atoms with Crippen LogP contribution >= 0.6 is 0 Å². The number of likely N-dealkylation sites (tertiary alicyclic amines) is 1. The van der Waals surface area contributed by atoms with Crippen LogP contribution in [0.4, 0.5) is 4.39 Å². The molecule has 104 valence electrons. The molecule has 1 aromatic carbocycles. The number of carbonyl (C=O) groups is 1. The van der Waals surface area contributed by atoms with E-state index in [2.05, 4.69) is 4.90 Å². The Hall–Kier alpha value is -1.42. The van der Waals surface area contributed by atoms with Crippen molar-refractivity contribution in [3.63, 3.8) is 0 Å². The first-order chi connectivity index (χ1) is 9.13. The van der Waals surface area contributed by atoms with Crippen LogP contribution in [0.2, 0.25) is 0 Å². The van der Waals surface area contributed by atoms with E-state index in [-0.39, 0.29) is 12.2 Å². The van der Waals surface area contributed by atoms with Gasteiger partial charge in [0.25, 0.3) is 0 Å². The van der Waals surface area contributed by atoms with E-state index in [9.17, 15) is 9.18 Å². The highest BCUT2D eigenvalue weighted by Crippen LogP contribution is 2.21. The quantitative estimate of drug-likeness (QED) is 0.859. The monoisotopic (exact) mass is 265 g/mol. The van der Waals surface area contributed by atoms with E-state index in [0.29, 0.717) is 5.92 Å². The minimum Gasteiger partial charge on any atom is -0.481 e. The molecule has 0 aliphatic carbocycles. The molecule has 2 rings (SSSR count). The van der Waals surface area contributed by atoms with Gasteiger partial charge in [0, 0.05) is 13.0 Å². The van der Waals surface area contributed by atoms with Crippen LogP contribution in [-0.4, -0.2) is 35.6 Å². The van der Waals surface area contributed by atoms with Crippen LogP contribution in [0.1, 0.15) is 24.8 Å². The second-order valence-corrected chi connectivity index (χ2v) is 5.28. The van der Waals surface area contributed by atoms with Gasteiger partial charge in [0.2, 0.25) is 0 Å². The molecule has 1 aromatic rings. The molecule has 0 saturated carbocycles. The number of hydrogen-bond donors (Lipinski definition) is 1. The number of benzene rings is 1. The van der Waals surface area contributed by atoms with Crippen LogP contribution in [0, 0.1) is 11.7 Å². The Morgan fingerprint density at radius 2 is 2.11 bits per heavy atom. The highest BCUT2D eigenvalue weighted by Gasteiger charge is 2.22. The maximum atomic E-state index is 12.8. The van der Waals surface area contributed by atoms with Crippen molar-refractivity contribution in [3.8, 4) is 0 Å². The number of nitrogens with zero attached hydrogens (tertiary/aromatic N) is 1.